The molecular formula is C41H59BrN6O8. The number of ketones is 2. The number of aromatic nitrogens is 4. The molecule has 7 atom stereocenters. The van der Waals surface area contributed by atoms with E-state index in [2.05, 4.69) is 61.5 Å². The number of carbonyl (C=O) groups is 5. The Hall–Kier alpha value is -3.69. The van der Waals surface area contributed by atoms with Crippen LogP contribution in [-0.4, -0.2) is 81.3 Å². The SMILES string of the molecule is Br.CC12CCC(C(=O)C1=O)C2(C)C.COC(=O)c1cnc2c(n1)C1(C)CCC2C1(C)C.COC(=O)c1cnc2c(n1)C1CCC2(C)C1(C)C.NCC(N)C(=O)O. The number of esters is 2. The normalized spacial score (nSPS) is 31.2. The molecule has 0 radical (unpaired) electrons. The molecule has 7 unspecified atom stereocenters. The first-order valence-corrected chi connectivity index (χ1v) is 19.1. The van der Waals surface area contributed by atoms with Crippen molar-refractivity contribution in [2.75, 3.05) is 20.8 Å². The van der Waals surface area contributed by atoms with Gasteiger partial charge >= 0.3 is 17.9 Å². The second kappa shape index (κ2) is 15.2. The molecular weight excluding hydrogens is 784 g/mol. The van der Waals surface area contributed by atoms with Gasteiger partial charge in [0.15, 0.2) is 11.4 Å². The average molecular weight is 844 g/mol. The molecule has 4 saturated carbocycles. The Balaban J connectivity index is 0.000000174. The maximum absolute atomic E-state index is 11.6. The number of fused-ring (bicyclic) bond motifs is 12. The second-order valence-corrected chi connectivity index (χ2v) is 18.3. The molecule has 6 bridgehead atoms. The number of rotatable bonds is 4. The molecule has 14 nitrogen and oxygen atoms in total. The Morgan fingerprint density at radius 1 is 0.714 bits per heavy atom. The third-order valence-electron chi connectivity index (χ3n) is 15.4. The predicted molar refractivity (Wildman–Crippen MR) is 213 cm³/mol. The van der Waals surface area contributed by atoms with Gasteiger partial charge in [-0.1, -0.05) is 62.3 Å². The van der Waals surface area contributed by atoms with Gasteiger partial charge in [-0.15, -0.1) is 17.0 Å². The molecule has 2 aromatic heterocycles. The molecule has 0 aromatic carbocycles. The third kappa shape index (κ3) is 6.49. The predicted octanol–water partition coefficient (Wildman–Crippen LogP) is 5.39. The number of methoxy groups -OCH3 is 2. The molecule has 2 heterocycles. The van der Waals surface area contributed by atoms with E-state index >= 15 is 0 Å². The van der Waals surface area contributed by atoms with Crippen molar-refractivity contribution in [3.63, 3.8) is 0 Å². The summed E-state index contributed by atoms with van der Waals surface area (Å²) in [6.07, 6.45) is 9.49. The molecule has 0 aliphatic heterocycles. The van der Waals surface area contributed by atoms with Crippen LogP contribution in [0.15, 0.2) is 12.4 Å². The lowest BCUT2D eigenvalue weighted by molar-refractivity contribution is -0.141. The lowest BCUT2D eigenvalue weighted by Crippen LogP contribution is -2.37. The van der Waals surface area contributed by atoms with E-state index in [1.165, 1.54) is 20.6 Å². The van der Waals surface area contributed by atoms with E-state index in [0.29, 0.717) is 23.2 Å². The molecule has 15 heteroatoms. The van der Waals surface area contributed by atoms with E-state index in [1.807, 2.05) is 20.8 Å². The minimum atomic E-state index is -1.05. The molecule has 56 heavy (non-hydrogen) atoms. The van der Waals surface area contributed by atoms with Gasteiger partial charge in [-0.3, -0.25) is 24.4 Å². The van der Waals surface area contributed by atoms with Gasteiger partial charge in [0.2, 0.25) is 11.6 Å². The lowest BCUT2D eigenvalue weighted by atomic mass is 9.70. The van der Waals surface area contributed by atoms with Crippen LogP contribution in [0.3, 0.4) is 0 Å². The molecule has 0 amide bonds. The first-order valence-electron chi connectivity index (χ1n) is 19.1. The van der Waals surface area contributed by atoms with Crippen molar-refractivity contribution >= 4 is 46.5 Å². The minimum absolute atomic E-state index is 0. The number of nitrogens with two attached hydrogens (primary N) is 2. The highest BCUT2D eigenvalue weighted by Gasteiger charge is 2.66. The van der Waals surface area contributed by atoms with Crippen LogP contribution >= 0.6 is 17.0 Å². The van der Waals surface area contributed by atoms with E-state index in [-0.39, 0.29) is 73.5 Å². The van der Waals surface area contributed by atoms with Crippen molar-refractivity contribution in [1.82, 2.24) is 19.9 Å². The number of aliphatic carboxylic acids is 1. The molecule has 5 N–H and O–H groups in total. The number of halogens is 1. The average Bonchev–Trinajstić information content (AvgIpc) is 3.78. The van der Waals surface area contributed by atoms with Crippen LogP contribution < -0.4 is 11.5 Å². The Bertz CT molecular complexity index is 1930. The number of hydrogen-bond donors (Lipinski definition) is 3. The van der Waals surface area contributed by atoms with Crippen molar-refractivity contribution in [2.24, 2.45) is 39.0 Å². The highest BCUT2D eigenvalue weighted by atomic mass is 79.9. The van der Waals surface area contributed by atoms with Crippen LogP contribution in [0.5, 0.6) is 0 Å². The molecule has 6 aliphatic carbocycles. The van der Waals surface area contributed by atoms with Gasteiger partial charge in [-0.2, -0.15) is 0 Å². The van der Waals surface area contributed by atoms with Gasteiger partial charge in [0.05, 0.1) is 49.4 Å². The van der Waals surface area contributed by atoms with Crippen LogP contribution in [0.1, 0.15) is 156 Å². The Kier molecular flexibility index (Phi) is 12.3. The monoisotopic (exact) mass is 842 g/mol. The number of carboxylic acid groups (broad SMARTS) is 1. The largest absolute Gasteiger partial charge is 0.480 e. The standard InChI is InChI=1S/2C14H18N2O2.C10H14O2.C3H8N2O2.BrH/c1-13(2)8-5-6-14(13,3)11-10(8)16-9(7-15-11)12(17)18-4;1-13(2)8-5-6-14(13,3)11-10(8)15-7-9(16-11)12(17)18-4;1-9(2)6-4-5-10(9,3)8(12)7(6)11;4-1-2(5)3(6)7;/h2*7-8H,5-6H2,1-4H3;6H,4-5H2,1-3H3;2H,1,4-5H2,(H,6,7);1H. The van der Waals surface area contributed by atoms with Gasteiger partial charge < -0.3 is 26.0 Å². The number of hydrogen-bond acceptors (Lipinski definition) is 13. The van der Waals surface area contributed by atoms with Gasteiger partial charge in [-0.25, -0.2) is 19.6 Å². The summed E-state index contributed by atoms with van der Waals surface area (Å²) in [5.74, 6) is -1.22. The molecule has 308 valence electrons. The van der Waals surface area contributed by atoms with Crippen molar-refractivity contribution < 1.29 is 38.6 Å². The van der Waals surface area contributed by atoms with Crippen molar-refractivity contribution in [1.29, 1.82) is 0 Å². The zero-order valence-electron chi connectivity index (χ0n) is 34.6. The molecule has 6 aliphatic rings. The van der Waals surface area contributed by atoms with Gasteiger partial charge in [0, 0.05) is 40.5 Å². The number of nitrogens with zero attached hydrogens (tertiary/aromatic N) is 4. The van der Waals surface area contributed by atoms with E-state index in [4.69, 9.17) is 26.0 Å². The highest BCUT2D eigenvalue weighted by Crippen LogP contribution is 2.67. The number of carboxylic acids is 1. The maximum atomic E-state index is 11.6. The number of ether oxygens (including phenoxy) is 2. The molecule has 0 saturated heterocycles. The quantitative estimate of drug-likeness (QED) is 0.259. The van der Waals surface area contributed by atoms with E-state index < -0.39 is 23.9 Å². The summed E-state index contributed by atoms with van der Waals surface area (Å²) in [6, 6.07) is -0.903. The Morgan fingerprint density at radius 3 is 1.55 bits per heavy atom. The van der Waals surface area contributed by atoms with Gasteiger partial charge in [-0.05, 0) is 54.8 Å². The summed E-state index contributed by atoms with van der Waals surface area (Å²) in [6.45, 7) is 19.7. The van der Waals surface area contributed by atoms with Crippen LogP contribution in [0.2, 0.25) is 0 Å². The number of Topliss-reactive ketones (excluding diaryl/α,β-unsaturated/α-hetero) is 2. The fraction of sp³-hybridized carbons (Fsp3) is 0.683. The topological polar surface area (TPSA) is 228 Å². The summed E-state index contributed by atoms with van der Waals surface area (Å²) >= 11 is 0. The number of carbonyl (C=O) groups excluding carboxylic acids is 4. The summed E-state index contributed by atoms with van der Waals surface area (Å²) in [4.78, 5) is 73.9. The van der Waals surface area contributed by atoms with Crippen LogP contribution in [0.25, 0.3) is 0 Å². The lowest BCUT2D eigenvalue weighted by Gasteiger charge is -2.34. The summed E-state index contributed by atoms with van der Waals surface area (Å²) < 4.78 is 9.43. The highest BCUT2D eigenvalue weighted by molar-refractivity contribution is 8.93. The van der Waals surface area contributed by atoms with Crippen LogP contribution in [0, 0.1) is 27.6 Å². The fourth-order valence-electron chi connectivity index (χ4n) is 10.2. The minimum Gasteiger partial charge on any atom is -0.480 e. The van der Waals surface area contributed by atoms with Gasteiger partial charge in [0.25, 0.3) is 0 Å². The second-order valence-electron chi connectivity index (χ2n) is 18.3. The summed E-state index contributed by atoms with van der Waals surface area (Å²) in [5.41, 5.74) is 14.6. The van der Waals surface area contributed by atoms with Gasteiger partial charge in [0.1, 0.15) is 6.04 Å². The first-order chi connectivity index (χ1) is 25.4. The third-order valence-corrected chi connectivity index (χ3v) is 15.4. The molecule has 2 aromatic rings. The van der Waals surface area contributed by atoms with Crippen LogP contribution in [-0.2, 0) is 34.7 Å². The van der Waals surface area contributed by atoms with Crippen LogP contribution in [0.4, 0.5) is 0 Å². The smallest absolute Gasteiger partial charge is 0.358 e. The van der Waals surface area contributed by atoms with E-state index in [9.17, 15) is 24.0 Å². The Labute approximate surface area is 339 Å². The van der Waals surface area contributed by atoms with E-state index in [0.717, 1.165) is 54.9 Å². The zero-order chi connectivity index (χ0) is 41.3. The summed E-state index contributed by atoms with van der Waals surface area (Å²) in [7, 11) is 2.74. The fourth-order valence-corrected chi connectivity index (χ4v) is 10.2. The summed E-state index contributed by atoms with van der Waals surface area (Å²) in [5, 5.41) is 7.98. The van der Waals surface area contributed by atoms with Crippen molar-refractivity contribution in [3.8, 4) is 0 Å². The molecule has 4 fully saturated rings. The Morgan fingerprint density at radius 2 is 1.14 bits per heavy atom. The van der Waals surface area contributed by atoms with Crippen molar-refractivity contribution in [2.45, 2.75) is 130 Å². The zero-order valence-corrected chi connectivity index (χ0v) is 36.3. The van der Waals surface area contributed by atoms with Crippen molar-refractivity contribution in [3.05, 3.63) is 46.6 Å². The molecule has 8 rings (SSSR count). The maximum Gasteiger partial charge on any atom is 0.358 e. The molecule has 0 spiro atoms. The first kappa shape index (κ1) is 45.0. The van der Waals surface area contributed by atoms with E-state index in [1.54, 1.807) is 12.4 Å².